The molecule has 2 nitrogen and oxygen atoms in total. The summed E-state index contributed by atoms with van der Waals surface area (Å²) in [5.41, 5.74) is -2.71. The van der Waals surface area contributed by atoms with E-state index in [2.05, 4.69) is 5.32 Å². The topological polar surface area (TPSA) is 21.3 Å². The number of benzene rings is 1. The van der Waals surface area contributed by atoms with Crippen molar-refractivity contribution in [2.24, 2.45) is 11.8 Å². The van der Waals surface area contributed by atoms with Crippen molar-refractivity contribution < 1.29 is 31.1 Å². The average Bonchev–Trinajstić information content (AvgIpc) is 3.00. The van der Waals surface area contributed by atoms with Gasteiger partial charge in [-0.15, -0.1) is 0 Å². The maximum Gasteiger partial charge on any atom is 0.416 e. The zero-order chi connectivity index (χ0) is 19.1. The number of hydrogen-bond donors (Lipinski definition) is 1. The van der Waals surface area contributed by atoms with Gasteiger partial charge in [0.2, 0.25) is 0 Å². The predicted octanol–water partition coefficient (Wildman–Crippen LogP) is 5.19. The van der Waals surface area contributed by atoms with Crippen LogP contribution in [0.2, 0.25) is 0 Å². The van der Waals surface area contributed by atoms with Gasteiger partial charge in [-0.05, 0) is 74.9 Å². The van der Waals surface area contributed by atoms with Gasteiger partial charge < -0.3 is 10.1 Å². The number of alkyl halides is 6. The maximum atomic E-state index is 13.0. The molecule has 1 heterocycles. The molecule has 2 aliphatic rings. The monoisotopic (exact) mass is 381 g/mol. The van der Waals surface area contributed by atoms with Gasteiger partial charge in [-0.2, -0.15) is 26.3 Å². The lowest BCUT2D eigenvalue weighted by Crippen LogP contribution is -2.29. The van der Waals surface area contributed by atoms with E-state index in [9.17, 15) is 26.3 Å². The molecule has 1 saturated heterocycles. The predicted molar refractivity (Wildman–Crippen MR) is 83.4 cm³/mol. The van der Waals surface area contributed by atoms with Crippen molar-refractivity contribution in [3.05, 3.63) is 34.9 Å². The highest BCUT2D eigenvalue weighted by atomic mass is 19.4. The lowest BCUT2D eigenvalue weighted by atomic mass is 9.80. The zero-order valence-electron chi connectivity index (χ0n) is 14.3. The molecule has 8 heteroatoms. The van der Waals surface area contributed by atoms with Crippen LogP contribution in [0.25, 0.3) is 0 Å². The van der Waals surface area contributed by atoms with Gasteiger partial charge in [0.05, 0.1) is 23.3 Å². The lowest BCUT2D eigenvalue weighted by Gasteiger charge is -2.33. The summed E-state index contributed by atoms with van der Waals surface area (Å²) in [5, 5.41) is 3.31. The van der Waals surface area contributed by atoms with Crippen LogP contribution in [0.15, 0.2) is 18.2 Å². The number of nitrogens with one attached hydrogen (secondary N) is 1. The Hall–Kier alpha value is -1.28. The number of halogens is 6. The quantitative estimate of drug-likeness (QED) is 0.728. The summed E-state index contributed by atoms with van der Waals surface area (Å²) in [6.45, 7) is 3.37. The maximum absolute atomic E-state index is 13.0. The van der Waals surface area contributed by atoms with Crippen molar-refractivity contribution in [2.45, 2.75) is 50.7 Å². The van der Waals surface area contributed by atoms with Gasteiger partial charge in [0, 0.05) is 0 Å². The second-order valence-electron chi connectivity index (χ2n) is 7.23. The normalized spacial score (nSPS) is 28.0. The molecule has 0 bridgehead atoms. The summed E-state index contributed by atoms with van der Waals surface area (Å²) in [4.78, 5) is 0. The van der Waals surface area contributed by atoms with Crippen LogP contribution in [0.4, 0.5) is 26.3 Å². The van der Waals surface area contributed by atoms with Gasteiger partial charge in [-0.1, -0.05) is 0 Å². The third-order valence-electron chi connectivity index (χ3n) is 5.38. The van der Waals surface area contributed by atoms with Gasteiger partial charge in [0.25, 0.3) is 0 Å². The fourth-order valence-electron chi connectivity index (χ4n) is 3.96. The van der Waals surface area contributed by atoms with E-state index in [1.54, 1.807) is 0 Å². The lowest BCUT2D eigenvalue weighted by molar-refractivity contribution is -0.143. The number of fused-ring (bicyclic) bond motifs is 1. The Labute approximate surface area is 147 Å². The summed E-state index contributed by atoms with van der Waals surface area (Å²) >= 11 is 0. The fraction of sp³-hybridized carbons (Fsp3) is 0.667. The van der Waals surface area contributed by atoms with Crippen LogP contribution in [0.3, 0.4) is 0 Å². The highest BCUT2D eigenvalue weighted by molar-refractivity contribution is 5.34. The molecule has 1 aromatic rings. The van der Waals surface area contributed by atoms with Crippen LogP contribution in [-0.4, -0.2) is 19.2 Å². The first-order chi connectivity index (χ1) is 12.0. The van der Waals surface area contributed by atoms with E-state index in [0.29, 0.717) is 11.8 Å². The Bertz CT molecular complexity index is 609. The Morgan fingerprint density at radius 2 is 1.50 bits per heavy atom. The first-order valence-corrected chi connectivity index (χ1v) is 8.69. The zero-order valence-corrected chi connectivity index (χ0v) is 14.3. The molecule has 26 heavy (non-hydrogen) atoms. The van der Waals surface area contributed by atoms with Gasteiger partial charge in [0.1, 0.15) is 0 Å². The van der Waals surface area contributed by atoms with Crippen LogP contribution in [-0.2, 0) is 17.1 Å². The third kappa shape index (κ3) is 4.34. The molecular formula is C18H21F6NO. The van der Waals surface area contributed by atoms with Crippen LogP contribution in [0.1, 0.15) is 49.0 Å². The highest BCUT2D eigenvalue weighted by Crippen LogP contribution is 2.40. The molecule has 0 spiro atoms. The van der Waals surface area contributed by atoms with Gasteiger partial charge in [0.15, 0.2) is 0 Å². The van der Waals surface area contributed by atoms with Crippen molar-refractivity contribution in [2.75, 3.05) is 13.1 Å². The van der Waals surface area contributed by atoms with E-state index in [1.807, 2.05) is 0 Å². The van der Waals surface area contributed by atoms with Gasteiger partial charge in [-0.3, -0.25) is 0 Å². The standard InChI is InChI=1S/C18H21F6NO/c1-10(26-16-3-2-11-8-25-9-13(11)6-16)12-4-14(17(19,20)21)7-15(5-12)18(22,23)24/h4-5,7,10-11,13,16,25H,2-3,6,8-9H2,1H3. The molecule has 4 unspecified atom stereocenters. The molecule has 4 atom stereocenters. The van der Waals surface area contributed by atoms with Crippen molar-refractivity contribution in [1.29, 1.82) is 0 Å². The Morgan fingerprint density at radius 1 is 0.923 bits per heavy atom. The molecule has 1 saturated carbocycles. The molecule has 0 radical (unpaired) electrons. The molecule has 1 N–H and O–H groups in total. The Morgan fingerprint density at radius 3 is 2.08 bits per heavy atom. The molecular weight excluding hydrogens is 360 g/mol. The third-order valence-corrected chi connectivity index (χ3v) is 5.38. The second kappa shape index (κ2) is 7.03. The van der Waals surface area contributed by atoms with Crippen LogP contribution >= 0.6 is 0 Å². The first-order valence-electron chi connectivity index (χ1n) is 8.69. The minimum absolute atomic E-state index is 0.0983. The molecule has 1 aliphatic heterocycles. The number of rotatable bonds is 3. The molecule has 146 valence electrons. The van der Waals surface area contributed by atoms with E-state index in [1.165, 1.54) is 6.92 Å². The second-order valence-corrected chi connectivity index (χ2v) is 7.23. The molecule has 1 aromatic carbocycles. The molecule has 3 rings (SSSR count). The average molecular weight is 381 g/mol. The largest absolute Gasteiger partial charge is 0.416 e. The van der Waals surface area contributed by atoms with Crippen molar-refractivity contribution in [1.82, 2.24) is 5.32 Å². The fourth-order valence-corrected chi connectivity index (χ4v) is 3.96. The summed E-state index contributed by atoms with van der Waals surface area (Å²) in [6, 6.07) is 1.65. The summed E-state index contributed by atoms with van der Waals surface area (Å²) in [7, 11) is 0. The summed E-state index contributed by atoms with van der Waals surface area (Å²) in [6.07, 6.45) is -8.15. The van der Waals surface area contributed by atoms with Crippen molar-refractivity contribution >= 4 is 0 Å². The van der Waals surface area contributed by atoms with E-state index < -0.39 is 29.6 Å². The molecule has 1 aliphatic carbocycles. The minimum atomic E-state index is -4.84. The van der Waals surface area contributed by atoms with Gasteiger partial charge >= 0.3 is 12.4 Å². The first kappa shape index (κ1) is 19.5. The van der Waals surface area contributed by atoms with E-state index in [0.717, 1.165) is 44.5 Å². The van der Waals surface area contributed by atoms with E-state index in [4.69, 9.17) is 4.74 Å². The summed E-state index contributed by atoms with van der Waals surface area (Å²) in [5.74, 6) is 1.06. The summed E-state index contributed by atoms with van der Waals surface area (Å²) < 4.78 is 83.8. The van der Waals surface area contributed by atoms with Crippen LogP contribution in [0.5, 0.6) is 0 Å². The number of hydrogen-bond acceptors (Lipinski definition) is 2. The molecule has 2 fully saturated rings. The van der Waals surface area contributed by atoms with Crippen molar-refractivity contribution in [3.63, 3.8) is 0 Å². The van der Waals surface area contributed by atoms with Crippen LogP contribution in [0, 0.1) is 11.8 Å². The molecule has 0 aromatic heterocycles. The SMILES string of the molecule is CC(OC1CCC2CNCC2C1)c1cc(C(F)(F)F)cc(C(F)(F)F)c1. The van der Waals surface area contributed by atoms with Crippen molar-refractivity contribution in [3.8, 4) is 0 Å². The molecule has 0 amide bonds. The minimum Gasteiger partial charge on any atom is -0.371 e. The smallest absolute Gasteiger partial charge is 0.371 e. The van der Waals surface area contributed by atoms with Gasteiger partial charge in [-0.25, -0.2) is 0 Å². The van der Waals surface area contributed by atoms with E-state index >= 15 is 0 Å². The van der Waals surface area contributed by atoms with E-state index in [-0.39, 0.29) is 17.7 Å². The van der Waals surface area contributed by atoms with Crippen LogP contribution < -0.4 is 5.32 Å². The number of ether oxygens (including phenoxy) is 1. The Kier molecular flexibility index (Phi) is 5.27. The Balaban J connectivity index is 1.78. The highest BCUT2D eigenvalue weighted by Gasteiger charge is 2.38.